The zero-order chi connectivity index (χ0) is 12.5. The van der Waals surface area contributed by atoms with Crippen molar-refractivity contribution in [3.05, 3.63) is 29.8 Å². The molecule has 1 saturated carbocycles. The second kappa shape index (κ2) is 4.84. The highest BCUT2D eigenvalue weighted by Crippen LogP contribution is 2.35. The normalized spacial score (nSPS) is 23.9. The van der Waals surface area contributed by atoms with E-state index in [0.29, 0.717) is 18.5 Å². The Balaban J connectivity index is 1.85. The predicted molar refractivity (Wildman–Crippen MR) is 68.0 cm³/mol. The number of para-hydroxylation sites is 1. The quantitative estimate of drug-likeness (QED) is 0.889. The van der Waals surface area contributed by atoms with E-state index in [2.05, 4.69) is 5.32 Å². The summed E-state index contributed by atoms with van der Waals surface area (Å²) < 4.78 is 25.5. The zero-order valence-electron chi connectivity index (χ0n) is 10.3. The summed E-state index contributed by atoms with van der Waals surface area (Å²) in [5.74, 6) is 0.680. The molecule has 1 aromatic carbocycles. The summed E-state index contributed by atoms with van der Waals surface area (Å²) in [6.07, 6.45) is 0.184. The number of nitrogens with one attached hydrogen (secondary N) is 1. The molecule has 1 N–H and O–H groups in total. The first kappa shape index (κ1) is 11.9. The lowest BCUT2D eigenvalue weighted by atomic mass is 10.1. The number of fused-ring (bicyclic) bond motifs is 1. The van der Waals surface area contributed by atoms with E-state index in [1.165, 1.54) is 12.8 Å². The lowest BCUT2D eigenvalue weighted by molar-refractivity contribution is 0.154. The summed E-state index contributed by atoms with van der Waals surface area (Å²) in [7, 11) is 0. The standard InChI is InChI=1S/C14H18F2N2/c15-14(16)9-18-8-12(10-5-6-10)17-7-11-3-1-2-4-13(11)18/h1-4,10,12,14,17H,5-9H2. The molecule has 0 saturated heterocycles. The Kier molecular flexibility index (Phi) is 3.20. The minimum atomic E-state index is -2.28. The number of benzene rings is 1. The molecule has 0 radical (unpaired) electrons. The van der Waals surface area contributed by atoms with E-state index < -0.39 is 6.43 Å². The van der Waals surface area contributed by atoms with Gasteiger partial charge in [-0.2, -0.15) is 0 Å². The summed E-state index contributed by atoms with van der Waals surface area (Å²) in [6, 6.07) is 8.23. The molecule has 98 valence electrons. The summed E-state index contributed by atoms with van der Waals surface area (Å²) in [5, 5.41) is 3.52. The van der Waals surface area contributed by atoms with E-state index in [1.807, 2.05) is 29.2 Å². The van der Waals surface area contributed by atoms with Crippen LogP contribution in [0.25, 0.3) is 0 Å². The van der Waals surface area contributed by atoms with Crippen LogP contribution < -0.4 is 10.2 Å². The first-order valence-electron chi connectivity index (χ1n) is 6.58. The summed E-state index contributed by atoms with van der Waals surface area (Å²) in [5.41, 5.74) is 2.09. The predicted octanol–water partition coefficient (Wildman–Crippen LogP) is 2.64. The molecule has 0 spiro atoms. The number of nitrogens with zero attached hydrogens (tertiary/aromatic N) is 1. The fourth-order valence-corrected chi connectivity index (χ4v) is 2.76. The van der Waals surface area contributed by atoms with Crippen molar-refractivity contribution in [2.75, 3.05) is 18.0 Å². The second-order valence-electron chi connectivity index (χ2n) is 5.25. The number of alkyl halides is 2. The highest BCUT2D eigenvalue weighted by molar-refractivity contribution is 5.54. The first-order valence-corrected chi connectivity index (χ1v) is 6.58. The highest BCUT2D eigenvalue weighted by Gasteiger charge is 2.34. The fraction of sp³-hybridized carbons (Fsp3) is 0.571. The van der Waals surface area contributed by atoms with Crippen molar-refractivity contribution in [2.45, 2.75) is 31.9 Å². The molecule has 0 bridgehead atoms. The van der Waals surface area contributed by atoms with E-state index in [4.69, 9.17) is 0 Å². The molecule has 1 aromatic rings. The molecule has 2 aliphatic rings. The van der Waals surface area contributed by atoms with Crippen molar-refractivity contribution >= 4 is 5.69 Å². The smallest absolute Gasteiger partial charge is 0.255 e. The monoisotopic (exact) mass is 252 g/mol. The zero-order valence-corrected chi connectivity index (χ0v) is 10.3. The number of anilines is 1. The molecule has 1 aliphatic carbocycles. The van der Waals surface area contributed by atoms with Gasteiger partial charge in [0.05, 0.1) is 6.54 Å². The SMILES string of the molecule is FC(F)CN1CC(C2CC2)NCc2ccccc21. The van der Waals surface area contributed by atoms with Gasteiger partial charge in [0.2, 0.25) is 0 Å². The lowest BCUT2D eigenvalue weighted by Crippen LogP contribution is -2.41. The lowest BCUT2D eigenvalue weighted by Gasteiger charge is -2.27. The molecule has 18 heavy (non-hydrogen) atoms. The molecule has 1 aliphatic heterocycles. The Morgan fingerprint density at radius 2 is 2.06 bits per heavy atom. The number of halogens is 2. The van der Waals surface area contributed by atoms with E-state index in [1.54, 1.807) is 0 Å². The molecular weight excluding hydrogens is 234 g/mol. The third-order valence-electron chi connectivity index (χ3n) is 3.85. The van der Waals surface area contributed by atoms with Crippen LogP contribution in [0, 0.1) is 5.92 Å². The van der Waals surface area contributed by atoms with Gasteiger partial charge in [-0.05, 0) is 30.4 Å². The van der Waals surface area contributed by atoms with Crippen molar-refractivity contribution in [1.82, 2.24) is 5.32 Å². The van der Waals surface area contributed by atoms with E-state index in [9.17, 15) is 8.78 Å². The van der Waals surface area contributed by atoms with Gasteiger partial charge in [-0.1, -0.05) is 18.2 Å². The Bertz CT molecular complexity index is 418. The van der Waals surface area contributed by atoms with Gasteiger partial charge in [-0.3, -0.25) is 0 Å². The van der Waals surface area contributed by atoms with Crippen LogP contribution in [0.15, 0.2) is 24.3 Å². The van der Waals surface area contributed by atoms with Gasteiger partial charge in [0, 0.05) is 24.8 Å². The molecule has 1 atom stereocenters. The van der Waals surface area contributed by atoms with Gasteiger partial charge in [0.1, 0.15) is 0 Å². The van der Waals surface area contributed by atoms with Crippen LogP contribution in [0.2, 0.25) is 0 Å². The Labute approximate surface area is 106 Å². The van der Waals surface area contributed by atoms with Gasteiger partial charge in [0.15, 0.2) is 0 Å². The number of hydrogen-bond acceptors (Lipinski definition) is 2. The molecule has 3 rings (SSSR count). The maximum Gasteiger partial charge on any atom is 0.255 e. The molecule has 1 fully saturated rings. The van der Waals surface area contributed by atoms with Crippen LogP contribution in [0.3, 0.4) is 0 Å². The van der Waals surface area contributed by atoms with E-state index in [0.717, 1.165) is 17.8 Å². The van der Waals surface area contributed by atoms with Crippen LogP contribution >= 0.6 is 0 Å². The minimum absolute atomic E-state index is 0.165. The highest BCUT2D eigenvalue weighted by atomic mass is 19.3. The van der Waals surface area contributed by atoms with Crippen LogP contribution in [0.4, 0.5) is 14.5 Å². The maximum atomic E-state index is 12.7. The third-order valence-corrected chi connectivity index (χ3v) is 3.85. The minimum Gasteiger partial charge on any atom is -0.364 e. The molecule has 4 heteroatoms. The van der Waals surface area contributed by atoms with Crippen molar-refractivity contribution in [3.63, 3.8) is 0 Å². The molecule has 1 unspecified atom stereocenters. The molecule has 0 amide bonds. The van der Waals surface area contributed by atoms with Crippen molar-refractivity contribution in [3.8, 4) is 0 Å². The van der Waals surface area contributed by atoms with Crippen LogP contribution in [-0.4, -0.2) is 25.6 Å². The van der Waals surface area contributed by atoms with Crippen LogP contribution in [-0.2, 0) is 6.54 Å². The maximum absolute atomic E-state index is 12.7. The van der Waals surface area contributed by atoms with Gasteiger partial charge < -0.3 is 10.2 Å². The van der Waals surface area contributed by atoms with E-state index in [-0.39, 0.29) is 6.54 Å². The van der Waals surface area contributed by atoms with Crippen molar-refractivity contribution in [2.24, 2.45) is 5.92 Å². The third kappa shape index (κ3) is 2.48. The first-order chi connectivity index (χ1) is 8.74. The van der Waals surface area contributed by atoms with Gasteiger partial charge in [-0.15, -0.1) is 0 Å². The Hall–Kier alpha value is -1.16. The fourth-order valence-electron chi connectivity index (χ4n) is 2.76. The summed E-state index contributed by atoms with van der Waals surface area (Å²) >= 11 is 0. The van der Waals surface area contributed by atoms with E-state index >= 15 is 0 Å². The Morgan fingerprint density at radius 1 is 1.28 bits per heavy atom. The number of hydrogen-bond donors (Lipinski definition) is 1. The molecule has 0 aromatic heterocycles. The number of rotatable bonds is 3. The van der Waals surface area contributed by atoms with Gasteiger partial charge in [-0.25, -0.2) is 8.78 Å². The molecule has 2 nitrogen and oxygen atoms in total. The van der Waals surface area contributed by atoms with Gasteiger partial charge in [0.25, 0.3) is 6.43 Å². The topological polar surface area (TPSA) is 15.3 Å². The summed E-state index contributed by atoms with van der Waals surface area (Å²) in [4.78, 5) is 1.85. The average Bonchev–Trinajstić information content (AvgIpc) is 3.16. The average molecular weight is 252 g/mol. The van der Waals surface area contributed by atoms with Crippen LogP contribution in [0.1, 0.15) is 18.4 Å². The summed E-state index contributed by atoms with van der Waals surface area (Å²) in [6.45, 7) is 1.32. The van der Waals surface area contributed by atoms with Gasteiger partial charge >= 0.3 is 0 Å². The molecule has 1 heterocycles. The largest absolute Gasteiger partial charge is 0.364 e. The van der Waals surface area contributed by atoms with Crippen LogP contribution in [0.5, 0.6) is 0 Å². The Morgan fingerprint density at radius 3 is 2.78 bits per heavy atom. The van der Waals surface area contributed by atoms with Crippen molar-refractivity contribution in [1.29, 1.82) is 0 Å². The second-order valence-corrected chi connectivity index (χ2v) is 5.25. The molecular formula is C14H18F2N2. The van der Waals surface area contributed by atoms with Crippen molar-refractivity contribution < 1.29 is 8.78 Å².